The Hall–Kier alpha value is -2.86. The summed E-state index contributed by atoms with van der Waals surface area (Å²) in [4.78, 5) is 23.8. The number of hydrogen-bond acceptors (Lipinski definition) is 4. The quantitative estimate of drug-likeness (QED) is 0.614. The highest BCUT2D eigenvalue weighted by Gasteiger charge is 2.09. The summed E-state index contributed by atoms with van der Waals surface area (Å²) in [6, 6.07) is 13.3. The van der Waals surface area contributed by atoms with Crippen molar-refractivity contribution in [3.63, 3.8) is 0 Å². The molecule has 0 saturated heterocycles. The van der Waals surface area contributed by atoms with E-state index in [4.69, 9.17) is 4.74 Å². The summed E-state index contributed by atoms with van der Waals surface area (Å²) >= 11 is 0. The second-order valence-electron chi connectivity index (χ2n) is 6.84. The third-order valence-electron chi connectivity index (χ3n) is 4.11. The van der Waals surface area contributed by atoms with Crippen LogP contribution in [0.1, 0.15) is 38.3 Å². The number of carbonyl (C=O) groups excluding carboxylic acids is 2. The van der Waals surface area contributed by atoms with E-state index in [0.717, 1.165) is 16.9 Å². The lowest BCUT2D eigenvalue weighted by molar-refractivity contribution is -0.116. The van der Waals surface area contributed by atoms with Gasteiger partial charge < -0.3 is 20.7 Å². The van der Waals surface area contributed by atoms with Crippen molar-refractivity contribution in [2.24, 2.45) is 0 Å². The number of hydrogen-bond donors (Lipinski definition) is 3. The van der Waals surface area contributed by atoms with Crippen LogP contribution in [0.2, 0.25) is 0 Å². The molecule has 0 bridgehead atoms. The summed E-state index contributed by atoms with van der Waals surface area (Å²) in [6.45, 7) is 8.42. The van der Waals surface area contributed by atoms with Crippen LogP contribution in [0.25, 0.3) is 0 Å². The third kappa shape index (κ3) is 6.70. The first-order chi connectivity index (χ1) is 13.4. The minimum Gasteiger partial charge on any atom is -0.491 e. The molecule has 0 aliphatic rings. The number of carbonyl (C=O) groups is 2. The molecule has 0 spiro atoms. The van der Waals surface area contributed by atoms with Crippen LogP contribution < -0.4 is 20.7 Å². The molecule has 0 radical (unpaired) electrons. The number of rotatable bonds is 9. The van der Waals surface area contributed by atoms with E-state index >= 15 is 0 Å². The highest BCUT2D eigenvalue weighted by Crippen LogP contribution is 2.23. The molecule has 2 aromatic carbocycles. The monoisotopic (exact) mass is 383 g/mol. The average molecular weight is 383 g/mol. The Morgan fingerprint density at radius 3 is 2.14 bits per heavy atom. The van der Waals surface area contributed by atoms with Gasteiger partial charge >= 0.3 is 0 Å². The standard InChI is InChI=1S/C22H29N3O3/c1-5-21(26)24-19-7-6-8-20(16(19)4)25-22(27)14-23-13-17-9-11-18(12-10-17)28-15(2)3/h6-12,15,23H,5,13-14H2,1-4H3,(H,24,26)(H,25,27). The highest BCUT2D eigenvalue weighted by atomic mass is 16.5. The minimum atomic E-state index is -0.137. The Kier molecular flexibility index (Phi) is 8.02. The molecule has 0 aliphatic heterocycles. The number of benzene rings is 2. The van der Waals surface area contributed by atoms with E-state index in [1.54, 1.807) is 6.92 Å². The molecule has 0 saturated carbocycles. The molecule has 0 aliphatic carbocycles. The van der Waals surface area contributed by atoms with Crippen LogP contribution in [-0.4, -0.2) is 24.5 Å². The maximum Gasteiger partial charge on any atom is 0.238 e. The molecule has 2 amide bonds. The fourth-order valence-corrected chi connectivity index (χ4v) is 2.62. The average Bonchev–Trinajstić information content (AvgIpc) is 2.66. The maximum atomic E-state index is 12.2. The number of nitrogens with one attached hydrogen (secondary N) is 3. The Morgan fingerprint density at radius 2 is 1.57 bits per heavy atom. The lowest BCUT2D eigenvalue weighted by atomic mass is 10.1. The van der Waals surface area contributed by atoms with Gasteiger partial charge in [-0.05, 0) is 56.2 Å². The molecule has 3 N–H and O–H groups in total. The smallest absolute Gasteiger partial charge is 0.238 e. The fourth-order valence-electron chi connectivity index (χ4n) is 2.62. The Morgan fingerprint density at radius 1 is 0.964 bits per heavy atom. The number of amides is 2. The normalized spacial score (nSPS) is 10.6. The molecule has 0 atom stereocenters. The molecule has 28 heavy (non-hydrogen) atoms. The van der Waals surface area contributed by atoms with E-state index in [0.29, 0.717) is 24.3 Å². The largest absolute Gasteiger partial charge is 0.491 e. The summed E-state index contributed by atoms with van der Waals surface area (Å²) in [6.07, 6.45) is 0.551. The van der Waals surface area contributed by atoms with Crippen molar-refractivity contribution in [3.05, 3.63) is 53.6 Å². The van der Waals surface area contributed by atoms with E-state index in [9.17, 15) is 9.59 Å². The molecule has 0 aromatic heterocycles. The summed E-state index contributed by atoms with van der Waals surface area (Å²) < 4.78 is 5.62. The van der Waals surface area contributed by atoms with Crippen molar-refractivity contribution in [1.82, 2.24) is 5.32 Å². The van der Waals surface area contributed by atoms with E-state index in [-0.39, 0.29) is 24.5 Å². The van der Waals surface area contributed by atoms with Crippen LogP contribution in [-0.2, 0) is 16.1 Å². The molecular formula is C22H29N3O3. The van der Waals surface area contributed by atoms with Crippen molar-refractivity contribution in [2.45, 2.75) is 46.8 Å². The summed E-state index contributed by atoms with van der Waals surface area (Å²) in [5.41, 5.74) is 3.31. The van der Waals surface area contributed by atoms with Gasteiger partial charge in [0.05, 0.1) is 12.6 Å². The van der Waals surface area contributed by atoms with Gasteiger partial charge in [0.2, 0.25) is 11.8 Å². The van der Waals surface area contributed by atoms with E-state index in [1.165, 1.54) is 0 Å². The highest BCUT2D eigenvalue weighted by molar-refractivity contribution is 5.96. The van der Waals surface area contributed by atoms with Crippen molar-refractivity contribution >= 4 is 23.2 Å². The lowest BCUT2D eigenvalue weighted by Crippen LogP contribution is -2.28. The van der Waals surface area contributed by atoms with Gasteiger partial charge in [-0.15, -0.1) is 0 Å². The van der Waals surface area contributed by atoms with Crippen LogP contribution in [0, 0.1) is 6.92 Å². The van der Waals surface area contributed by atoms with Gasteiger partial charge in [0, 0.05) is 24.3 Å². The molecule has 0 heterocycles. The zero-order chi connectivity index (χ0) is 20.5. The van der Waals surface area contributed by atoms with Crippen molar-refractivity contribution < 1.29 is 14.3 Å². The van der Waals surface area contributed by atoms with Gasteiger partial charge in [-0.2, -0.15) is 0 Å². The number of ether oxygens (including phenoxy) is 1. The number of anilines is 2. The first kappa shape index (κ1) is 21.4. The molecule has 6 nitrogen and oxygen atoms in total. The SMILES string of the molecule is CCC(=O)Nc1cccc(NC(=O)CNCc2ccc(OC(C)C)cc2)c1C. The van der Waals surface area contributed by atoms with Crippen LogP contribution in [0.4, 0.5) is 11.4 Å². The van der Waals surface area contributed by atoms with Gasteiger partial charge in [0.15, 0.2) is 0 Å². The van der Waals surface area contributed by atoms with Crippen molar-refractivity contribution in [3.8, 4) is 5.75 Å². The van der Waals surface area contributed by atoms with Crippen LogP contribution in [0.3, 0.4) is 0 Å². The Balaban J connectivity index is 1.84. The van der Waals surface area contributed by atoms with E-state index in [2.05, 4.69) is 16.0 Å². The lowest BCUT2D eigenvalue weighted by Gasteiger charge is -2.13. The molecule has 6 heteroatoms. The van der Waals surface area contributed by atoms with Gasteiger partial charge in [-0.25, -0.2) is 0 Å². The molecule has 150 valence electrons. The molecule has 0 fully saturated rings. The summed E-state index contributed by atoms with van der Waals surface area (Å²) in [5.74, 6) is 0.641. The van der Waals surface area contributed by atoms with Crippen LogP contribution >= 0.6 is 0 Å². The summed E-state index contributed by atoms with van der Waals surface area (Å²) in [5, 5.41) is 8.86. The van der Waals surface area contributed by atoms with Crippen molar-refractivity contribution in [1.29, 1.82) is 0 Å². The molecule has 2 aromatic rings. The third-order valence-corrected chi connectivity index (χ3v) is 4.11. The van der Waals surface area contributed by atoms with Gasteiger partial charge in [0.25, 0.3) is 0 Å². The molecule has 2 rings (SSSR count). The van der Waals surface area contributed by atoms with Gasteiger partial charge in [-0.3, -0.25) is 9.59 Å². The fraction of sp³-hybridized carbons (Fsp3) is 0.364. The zero-order valence-corrected chi connectivity index (χ0v) is 17.0. The topological polar surface area (TPSA) is 79.5 Å². The second kappa shape index (κ2) is 10.5. The van der Waals surface area contributed by atoms with E-state index < -0.39 is 0 Å². The molecular weight excluding hydrogens is 354 g/mol. The van der Waals surface area contributed by atoms with E-state index in [1.807, 2.05) is 63.2 Å². The first-order valence-corrected chi connectivity index (χ1v) is 9.54. The maximum absolute atomic E-state index is 12.2. The van der Waals surface area contributed by atoms with Crippen molar-refractivity contribution in [2.75, 3.05) is 17.2 Å². The van der Waals surface area contributed by atoms with Gasteiger partial charge in [0.1, 0.15) is 5.75 Å². The predicted molar refractivity (Wildman–Crippen MR) is 113 cm³/mol. The molecule has 0 unspecified atom stereocenters. The minimum absolute atomic E-state index is 0.0574. The second-order valence-corrected chi connectivity index (χ2v) is 6.84. The Bertz CT molecular complexity index is 801. The predicted octanol–water partition coefficient (Wildman–Crippen LogP) is 3.86. The van der Waals surface area contributed by atoms with Gasteiger partial charge in [-0.1, -0.05) is 25.1 Å². The van der Waals surface area contributed by atoms with Crippen LogP contribution in [0.5, 0.6) is 5.75 Å². The summed E-state index contributed by atoms with van der Waals surface area (Å²) in [7, 11) is 0. The first-order valence-electron chi connectivity index (χ1n) is 9.54. The Labute approximate surface area is 166 Å². The zero-order valence-electron chi connectivity index (χ0n) is 17.0. The van der Waals surface area contributed by atoms with Crippen LogP contribution in [0.15, 0.2) is 42.5 Å².